The van der Waals surface area contributed by atoms with Crippen LogP contribution in [0.4, 0.5) is 0 Å². The van der Waals surface area contributed by atoms with Crippen LogP contribution in [0.5, 0.6) is 0 Å². The number of carbonyl (C=O) groups excluding carboxylic acids is 1. The van der Waals surface area contributed by atoms with Gasteiger partial charge in [0, 0.05) is 40.7 Å². The molecule has 33 heavy (non-hydrogen) atoms. The van der Waals surface area contributed by atoms with Crippen molar-refractivity contribution in [1.82, 2.24) is 9.47 Å². The Bertz CT molecular complexity index is 1370. The van der Waals surface area contributed by atoms with Gasteiger partial charge in [-0.15, -0.1) is 11.3 Å². The number of hydrogen-bond donors (Lipinski definition) is 0. The van der Waals surface area contributed by atoms with Crippen LogP contribution in [-0.4, -0.2) is 48.7 Å². The molecule has 1 saturated heterocycles. The van der Waals surface area contributed by atoms with E-state index in [9.17, 15) is 13.2 Å². The summed E-state index contributed by atoms with van der Waals surface area (Å²) in [4.78, 5) is 22.0. The average molecular weight is 598 g/mol. The van der Waals surface area contributed by atoms with Gasteiger partial charge < -0.3 is 9.47 Å². The number of halogens is 1. The molecule has 176 valence electrons. The minimum atomic E-state index is -3.52. The van der Waals surface area contributed by atoms with Crippen molar-refractivity contribution >= 4 is 60.4 Å². The number of hydrogen-bond acceptors (Lipinski definition) is 5. The molecule has 6 nitrogen and oxygen atoms in total. The van der Waals surface area contributed by atoms with E-state index >= 15 is 0 Å². The van der Waals surface area contributed by atoms with Gasteiger partial charge in [-0.25, -0.2) is 8.42 Å². The number of piperidine rings is 1. The van der Waals surface area contributed by atoms with E-state index in [1.165, 1.54) is 10.6 Å². The van der Waals surface area contributed by atoms with Gasteiger partial charge in [-0.2, -0.15) is 0 Å². The third-order valence-electron chi connectivity index (χ3n) is 6.37. The Labute approximate surface area is 212 Å². The van der Waals surface area contributed by atoms with E-state index < -0.39 is 9.84 Å². The third-order valence-corrected chi connectivity index (χ3v) is 9.92. The van der Waals surface area contributed by atoms with E-state index in [0.29, 0.717) is 13.1 Å². The first-order chi connectivity index (χ1) is 15.6. The molecule has 0 bridgehead atoms. The number of likely N-dealkylation sites (tertiary alicyclic amines) is 1. The van der Waals surface area contributed by atoms with Gasteiger partial charge in [-0.1, -0.05) is 12.1 Å². The number of benzene rings is 2. The molecule has 4 rings (SSSR count). The van der Waals surface area contributed by atoms with Crippen LogP contribution < -0.4 is 4.80 Å². The first-order valence-electron chi connectivity index (χ1n) is 11.0. The summed E-state index contributed by atoms with van der Waals surface area (Å²) in [5.41, 5.74) is 1.23. The quantitative estimate of drug-likeness (QED) is 0.414. The zero-order chi connectivity index (χ0) is 23.8. The molecule has 9 heteroatoms. The van der Waals surface area contributed by atoms with Crippen molar-refractivity contribution in [2.24, 2.45) is 12.0 Å². The summed E-state index contributed by atoms with van der Waals surface area (Å²) in [5, 5.41) is 1.89. The summed E-state index contributed by atoms with van der Waals surface area (Å²) >= 11 is 3.94. The molecule has 0 atom stereocenters. The second-order valence-corrected chi connectivity index (χ2v) is 13.1. The molecular formula is C24H28IN3O3S2. The van der Waals surface area contributed by atoms with Crippen LogP contribution in [0.1, 0.15) is 29.8 Å². The number of thiazole rings is 1. The van der Waals surface area contributed by atoms with E-state index in [1.54, 1.807) is 28.4 Å². The summed E-state index contributed by atoms with van der Waals surface area (Å²) in [7, 11) is -1.49. The Balaban J connectivity index is 1.35. The smallest absolute Gasteiger partial charge is 0.223 e. The zero-order valence-corrected chi connectivity index (χ0v) is 22.8. The highest BCUT2D eigenvalue weighted by Gasteiger charge is 2.24. The lowest BCUT2D eigenvalue weighted by Crippen LogP contribution is -2.40. The van der Waals surface area contributed by atoms with Crippen LogP contribution in [0, 0.1) is 17.4 Å². The van der Waals surface area contributed by atoms with Crippen molar-refractivity contribution in [1.29, 1.82) is 0 Å². The zero-order valence-electron chi connectivity index (χ0n) is 19.0. The van der Waals surface area contributed by atoms with Crippen LogP contribution in [-0.2, 0) is 21.7 Å². The van der Waals surface area contributed by atoms with Gasteiger partial charge >= 0.3 is 0 Å². The normalized spacial score (nSPS) is 16.0. The summed E-state index contributed by atoms with van der Waals surface area (Å²) < 4.78 is 28.9. The molecule has 1 fully saturated rings. The largest absolute Gasteiger partial charge is 0.343 e. The third kappa shape index (κ3) is 5.51. The summed E-state index contributed by atoms with van der Waals surface area (Å²) in [5.74, 6) is -0.268. The van der Waals surface area contributed by atoms with Gasteiger partial charge in [0.1, 0.15) is 0 Å². The first kappa shape index (κ1) is 24.4. The van der Waals surface area contributed by atoms with E-state index in [1.807, 2.05) is 31.3 Å². The summed E-state index contributed by atoms with van der Waals surface area (Å²) in [6.45, 7) is 5.44. The fourth-order valence-electron chi connectivity index (χ4n) is 4.06. The molecule has 3 aromatic rings. The minimum Gasteiger partial charge on any atom is -0.343 e. The average Bonchev–Trinajstić information content (AvgIpc) is 3.04. The number of fused-ring (bicyclic) bond motifs is 1. The second kappa shape index (κ2) is 9.87. The van der Waals surface area contributed by atoms with Crippen molar-refractivity contribution < 1.29 is 13.2 Å². The van der Waals surface area contributed by atoms with E-state index in [-0.39, 0.29) is 29.0 Å². The Kier molecular flexibility index (Phi) is 7.30. The van der Waals surface area contributed by atoms with Gasteiger partial charge in [0.25, 0.3) is 0 Å². The Morgan fingerprint density at radius 2 is 1.79 bits per heavy atom. The highest BCUT2D eigenvalue weighted by Crippen LogP contribution is 2.23. The number of carbonyl (C=O) groups is 1. The lowest BCUT2D eigenvalue weighted by atomic mass is 10.1. The number of nitrogens with zero attached hydrogens (tertiary/aromatic N) is 3. The monoisotopic (exact) mass is 597 g/mol. The fourth-order valence-corrected chi connectivity index (χ4v) is 6.87. The molecule has 2 heterocycles. The number of aryl methyl sites for hydroxylation is 1. The maximum atomic E-state index is 12.9. The molecule has 0 aliphatic carbocycles. The predicted molar refractivity (Wildman–Crippen MR) is 141 cm³/mol. The predicted octanol–water partition coefficient (Wildman–Crippen LogP) is 4.22. The van der Waals surface area contributed by atoms with E-state index in [0.717, 1.165) is 32.0 Å². The van der Waals surface area contributed by atoms with Crippen molar-refractivity contribution in [3.8, 4) is 0 Å². The van der Waals surface area contributed by atoms with E-state index in [2.05, 4.69) is 41.0 Å². The molecule has 1 aliphatic rings. The van der Waals surface area contributed by atoms with Crippen molar-refractivity contribution in [2.75, 3.05) is 18.8 Å². The molecule has 0 N–H and O–H groups in total. The van der Waals surface area contributed by atoms with Crippen LogP contribution in [0.25, 0.3) is 10.8 Å². The molecule has 0 radical (unpaired) electrons. The van der Waals surface area contributed by atoms with Gasteiger partial charge in [-0.3, -0.25) is 9.79 Å². The molecule has 0 unspecified atom stereocenters. The summed E-state index contributed by atoms with van der Waals surface area (Å²) in [6, 6.07) is 11.3. The molecule has 1 aromatic heterocycles. The molecular weight excluding hydrogens is 569 g/mol. The molecule has 0 saturated carbocycles. The van der Waals surface area contributed by atoms with Crippen LogP contribution in [0.3, 0.4) is 0 Å². The maximum Gasteiger partial charge on any atom is 0.223 e. The molecule has 0 spiro atoms. The van der Waals surface area contributed by atoms with Gasteiger partial charge in [0.15, 0.2) is 14.6 Å². The Hall–Kier alpha value is -1.72. The highest BCUT2D eigenvalue weighted by atomic mass is 127. The fraction of sp³-hybridized carbons (Fsp3) is 0.417. The lowest BCUT2D eigenvalue weighted by Gasteiger charge is -2.30. The SMILES string of the molecule is Cc1sc(=NC2CCN(C(=O)CCS(=O)(=O)c3ccc4cc(I)ccc4c3)CC2)n(C)c1C. The van der Waals surface area contributed by atoms with Crippen LogP contribution >= 0.6 is 33.9 Å². The first-order valence-corrected chi connectivity index (χ1v) is 14.6. The van der Waals surface area contributed by atoms with E-state index in [4.69, 9.17) is 4.99 Å². The van der Waals surface area contributed by atoms with Crippen molar-refractivity contribution in [3.05, 3.63) is 55.3 Å². The van der Waals surface area contributed by atoms with Gasteiger partial charge in [0.05, 0.1) is 16.7 Å². The maximum absolute atomic E-state index is 12.9. The Morgan fingerprint density at radius 1 is 1.12 bits per heavy atom. The van der Waals surface area contributed by atoms with Gasteiger partial charge in [-0.05, 0) is 84.3 Å². The Morgan fingerprint density at radius 3 is 2.45 bits per heavy atom. The van der Waals surface area contributed by atoms with Crippen molar-refractivity contribution in [3.63, 3.8) is 0 Å². The lowest BCUT2D eigenvalue weighted by molar-refractivity contribution is -0.131. The highest BCUT2D eigenvalue weighted by molar-refractivity contribution is 14.1. The van der Waals surface area contributed by atoms with Gasteiger partial charge in [0.2, 0.25) is 5.91 Å². The number of aromatic nitrogens is 1. The van der Waals surface area contributed by atoms with Crippen LogP contribution in [0.15, 0.2) is 46.3 Å². The topological polar surface area (TPSA) is 71.7 Å². The summed E-state index contributed by atoms with van der Waals surface area (Å²) in [6.07, 6.45) is 1.61. The minimum absolute atomic E-state index is 0.00709. The number of sulfone groups is 1. The van der Waals surface area contributed by atoms with Crippen LogP contribution in [0.2, 0.25) is 0 Å². The second-order valence-electron chi connectivity index (χ2n) is 8.55. The van der Waals surface area contributed by atoms with Crippen molar-refractivity contribution in [2.45, 2.75) is 44.0 Å². The standard InChI is InChI=1S/C24H28IN3O3S2/c1-16-17(2)32-24(27(16)3)26-21-8-11-28(12-9-21)23(29)10-13-33(30,31)22-7-5-18-14-20(25)6-4-19(18)15-22/h4-7,14-15,21H,8-13H2,1-3H3. The molecule has 1 amide bonds. The number of rotatable bonds is 5. The molecule has 2 aromatic carbocycles. The molecule has 1 aliphatic heterocycles. The number of amides is 1.